The highest BCUT2D eigenvalue weighted by molar-refractivity contribution is 5.28. The lowest BCUT2D eigenvalue weighted by atomic mass is 10.1. The lowest BCUT2D eigenvalue weighted by Crippen LogP contribution is -2.30. The largest absolute Gasteiger partial charge is 0.482 e. The fourth-order valence-electron chi connectivity index (χ4n) is 1.40. The van der Waals surface area contributed by atoms with Gasteiger partial charge in [0, 0.05) is 20.2 Å². The zero-order valence-electron chi connectivity index (χ0n) is 7.64. The molecule has 0 aromatic heterocycles. The summed E-state index contributed by atoms with van der Waals surface area (Å²) in [6.07, 6.45) is 1.97. The molecule has 2 heteroatoms. The number of likely N-dealkylation sites (N-methyl/N-ethyl adjacent to an activating group) is 1. The summed E-state index contributed by atoms with van der Waals surface area (Å²) in [6, 6.07) is 0. The van der Waals surface area contributed by atoms with E-state index in [2.05, 4.69) is 11.5 Å². The minimum Gasteiger partial charge on any atom is -0.482 e. The molecule has 62 valence electrons. The molecule has 1 aliphatic heterocycles. The zero-order valence-corrected chi connectivity index (χ0v) is 7.64. The van der Waals surface area contributed by atoms with Crippen molar-refractivity contribution in [2.24, 2.45) is 0 Å². The van der Waals surface area contributed by atoms with Crippen LogP contribution in [0.4, 0.5) is 0 Å². The van der Waals surface area contributed by atoms with E-state index in [9.17, 15) is 0 Å². The molecule has 1 aliphatic rings. The van der Waals surface area contributed by atoms with Crippen molar-refractivity contribution in [2.75, 3.05) is 14.1 Å². The van der Waals surface area contributed by atoms with Gasteiger partial charge in [-0.3, -0.25) is 0 Å². The Morgan fingerprint density at radius 2 is 2.00 bits per heavy atom. The van der Waals surface area contributed by atoms with Gasteiger partial charge in [0.2, 0.25) is 0 Å². The summed E-state index contributed by atoms with van der Waals surface area (Å²) in [4.78, 5) is 2.05. The predicted octanol–water partition coefficient (Wildman–Crippen LogP) is 1.75. The maximum absolute atomic E-state index is 5.49. The number of allylic oxidation sites excluding steroid dienone is 1. The molecular weight excluding hydrogens is 138 g/mol. The van der Waals surface area contributed by atoms with Crippen LogP contribution in [0.5, 0.6) is 0 Å². The van der Waals surface area contributed by atoms with Gasteiger partial charge >= 0.3 is 0 Å². The first kappa shape index (κ1) is 8.18. The quantitative estimate of drug-likeness (QED) is 0.569. The molecular formula is C9H15NO. The first-order chi connectivity index (χ1) is 4.93. The molecule has 0 aromatic carbocycles. The van der Waals surface area contributed by atoms with Crippen LogP contribution >= 0.6 is 0 Å². The second-order valence-corrected chi connectivity index (χ2v) is 3.50. The van der Waals surface area contributed by atoms with Gasteiger partial charge in [0.1, 0.15) is 11.4 Å². The Balaban J connectivity index is 2.92. The summed E-state index contributed by atoms with van der Waals surface area (Å²) in [7, 11) is 4.02. The maximum Gasteiger partial charge on any atom is 0.143 e. The van der Waals surface area contributed by atoms with Gasteiger partial charge in [-0.1, -0.05) is 6.58 Å². The van der Waals surface area contributed by atoms with Gasteiger partial charge in [0.15, 0.2) is 0 Å². The van der Waals surface area contributed by atoms with E-state index in [1.807, 2.05) is 34.0 Å². The molecule has 1 rings (SSSR count). The zero-order chi connectivity index (χ0) is 8.65. The van der Waals surface area contributed by atoms with Crippen LogP contribution in [0.3, 0.4) is 0 Å². The van der Waals surface area contributed by atoms with Crippen molar-refractivity contribution < 1.29 is 4.74 Å². The van der Waals surface area contributed by atoms with Gasteiger partial charge < -0.3 is 9.64 Å². The van der Waals surface area contributed by atoms with Crippen molar-refractivity contribution in [3.8, 4) is 0 Å². The van der Waals surface area contributed by atoms with E-state index in [-0.39, 0.29) is 5.60 Å². The highest BCUT2D eigenvalue weighted by Crippen LogP contribution is 2.32. The van der Waals surface area contributed by atoms with E-state index in [4.69, 9.17) is 4.74 Å². The standard InChI is InChI=1S/C9H15NO/c1-7-6-8(10(4)5)9(2,3)11-7/h6H,1H2,2-5H3. The smallest absolute Gasteiger partial charge is 0.143 e. The molecule has 0 N–H and O–H groups in total. The average molecular weight is 153 g/mol. The molecule has 0 bridgehead atoms. The van der Waals surface area contributed by atoms with Gasteiger partial charge in [-0.2, -0.15) is 0 Å². The molecule has 0 aromatic rings. The molecule has 0 spiro atoms. The van der Waals surface area contributed by atoms with E-state index in [1.165, 1.54) is 5.70 Å². The Kier molecular flexibility index (Phi) is 1.70. The van der Waals surface area contributed by atoms with Crippen molar-refractivity contribution in [1.29, 1.82) is 0 Å². The first-order valence-electron chi connectivity index (χ1n) is 3.71. The normalized spacial score (nSPS) is 21.1. The van der Waals surface area contributed by atoms with Gasteiger partial charge in [-0.05, 0) is 13.8 Å². The Bertz CT molecular complexity index is 214. The van der Waals surface area contributed by atoms with E-state index >= 15 is 0 Å². The van der Waals surface area contributed by atoms with Gasteiger partial charge in [-0.15, -0.1) is 0 Å². The maximum atomic E-state index is 5.49. The van der Waals surface area contributed by atoms with Crippen LogP contribution in [-0.4, -0.2) is 24.6 Å². The molecule has 0 amide bonds. The molecule has 1 heterocycles. The molecule has 0 saturated carbocycles. The summed E-state index contributed by atoms with van der Waals surface area (Å²) < 4.78 is 5.49. The molecule has 2 nitrogen and oxygen atoms in total. The molecule has 0 saturated heterocycles. The van der Waals surface area contributed by atoms with Crippen LogP contribution in [0.1, 0.15) is 13.8 Å². The number of hydrogen-bond acceptors (Lipinski definition) is 2. The number of rotatable bonds is 1. The van der Waals surface area contributed by atoms with Crippen molar-refractivity contribution in [2.45, 2.75) is 19.4 Å². The Labute approximate surface area is 68.1 Å². The minimum atomic E-state index is -0.208. The average Bonchev–Trinajstić information content (AvgIpc) is 2.04. The molecule has 0 fully saturated rings. The topological polar surface area (TPSA) is 12.5 Å². The summed E-state index contributed by atoms with van der Waals surface area (Å²) >= 11 is 0. The van der Waals surface area contributed by atoms with Crippen molar-refractivity contribution in [1.82, 2.24) is 4.90 Å². The van der Waals surface area contributed by atoms with E-state index in [1.54, 1.807) is 0 Å². The Morgan fingerprint density at radius 1 is 1.45 bits per heavy atom. The molecule has 0 atom stereocenters. The second-order valence-electron chi connectivity index (χ2n) is 3.50. The van der Waals surface area contributed by atoms with Crippen LogP contribution in [0.2, 0.25) is 0 Å². The summed E-state index contributed by atoms with van der Waals surface area (Å²) in [5.74, 6) is 0.749. The van der Waals surface area contributed by atoms with E-state index in [0.717, 1.165) is 5.76 Å². The van der Waals surface area contributed by atoms with E-state index < -0.39 is 0 Å². The SMILES string of the molecule is C=C1C=C(N(C)C)C(C)(C)O1. The van der Waals surface area contributed by atoms with Crippen LogP contribution in [0.15, 0.2) is 24.1 Å². The molecule has 0 aliphatic carbocycles. The monoisotopic (exact) mass is 153 g/mol. The van der Waals surface area contributed by atoms with Crippen molar-refractivity contribution >= 4 is 0 Å². The number of hydrogen-bond donors (Lipinski definition) is 0. The van der Waals surface area contributed by atoms with Crippen LogP contribution < -0.4 is 0 Å². The Hall–Kier alpha value is -0.920. The lowest BCUT2D eigenvalue weighted by Gasteiger charge is -2.27. The summed E-state index contributed by atoms with van der Waals surface area (Å²) in [6.45, 7) is 7.83. The Morgan fingerprint density at radius 3 is 2.18 bits per heavy atom. The van der Waals surface area contributed by atoms with Gasteiger partial charge in [0.05, 0.1) is 5.70 Å². The first-order valence-corrected chi connectivity index (χ1v) is 3.71. The van der Waals surface area contributed by atoms with Crippen LogP contribution in [0.25, 0.3) is 0 Å². The second kappa shape index (κ2) is 2.29. The summed E-state index contributed by atoms with van der Waals surface area (Å²) in [5, 5.41) is 0. The third kappa shape index (κ3) is 1.39. The number of ether oxygens (including phenoxy) is 1. The van der Waals surface area contributed by atoms with Crippen LogP contribution in [-0.2, 0) is 4.74 Å². The summed E-state index contributed by atoms with van der Waals surface area (Å²) in [5.41, 5.74) is 0.961. The predicted molar refractivity (Wildman–Crippen MR) is 46.1 cm³/mol. The fourth-order valence-corrected chi connectivity index (χ4v) is 1.40. The molecule has 11 heavy (non-hydrogen) atoms. The molecule has 0 unspecified atom stereocenters. The van der Waals surface area contributed by atoms with Crippen LogP contribution in [0, 0.1) is 0 Å². The highest BCUT2D eigenvalue weighted by atomic mass is 16.5. The highest BCUT2D eigenvalue weighted by Gasteiger charge is 2.32. The third-order valence-electron chi connectivity index (χ3n) is 1.78. The molecule has 0 radical (unpaired) electrons. The number of nitrogens with zero attached hydrogens (tertiary/aromatic N) is 1. The van der Waals surface area contributed by atoms with Gasteiger partial charge in [-0.25, -0.2) is 0 Å². The fraction of sp³-hybridized carbons (Fsp3) is 0.556. The lowest BCUT2D eigenvalue weighted by molar-refractivity contribution is 0.0767. The van der Waals surface area contributed by atoms with E-state index in [0.29, 0.717) is 0 Å². The van der Waals surface area contributed by atoms with Gasteiger partial charge in [0.25, 0.3) is 0 Å². The van der Waals surface area contributed by atoms with Crippen molar-refractivity contribution in [3.63, 3.8) is 0 Å². The minimum absolute atomic E-state index is 0.208. The van der Waals surface area contributed by atoms with Crippen molar-refractivity contribution in [3.05, 3.63) is 24.1 Å². The third-order valence-corrected chi connectivity index (χ3v) is 1.78.